The SMILES string of the molecule is CC(C)C[C@@H]1NC(=O)C2(CCCCOCCCNC1=O)CCN(Cc1ccccc1C(F)(F)F)CC2. The van der Waals surface area contributed by atoms with Crippen LogP contribution in [0.2, 0.25) is 0 Å². The fourth-order valence-corrected chi connectivity index (χ4v) is 5.20. The molecule has 1 atom stereocenters. The molecule has 2 fully saturated rings. The molecule has 9 heteroatoms. The third-order valence-electron chi connectivity index (χ3n) is 7.30. The zero-order valence-electron chi connectivity index (χ0n) is 21.5. The number of carbonyl (C=O) groups is 2. The van der Waals surface area contributed by atoms with Crippen molar-refractivity contribution in [2.24, 2.45) is 11.3 Å². The van der Waals surface area contributed by atoms with Crippen LogP contribution in [0.3, 0.4) is 0 Å². The number of amides is 2. The number of nitrogens with one attached hydrogen (secondary N) is 2. The van der Waals surface area contributed by atoms with Gasteiger partial charge in [-0.25, -0.2) is 0 Å². The van der Waals surface area contributed by atoms with Gasteiger partial charge in [-0.3, -0.25) is 14.5 Å². The maximum absolute atomic E-state index is 13.7. The van der Waals surface area contributed by atoms with Crippen molar-refractivity contribution in [2.75, 3.05) is 32.8 Å². The molecule has 1 aromatic carbocycles. The van der Waals surface area contributed by atoms with E-state index in [-0.39, 0.29) is 29.8 Å². The molecule has 3 rings (SSSR count). The van der Waals surface area contributed by atoms with Gasteiger partial charge in [-0.05, 0) is 69.2 Å². The fourth-order valence-electron chi connectivity index (χ4n) is 5.20. The van der Waals surface area contributed by atoms with Crippen LogP contribution in [-0.2, 0) is 27.0 Å². The van der Waals surface area contributed by atoms with E-state index in [1.807, 2.05) is 18.7 Å². The average Bonchev–Trinajstić information content (AvgIpc) is 2.82. The minimum Gasteiger partial charge on any atom is -0.381 e. The maximum Gasteiger partial charge on any atom is 0.416 e. The summed E-state index contributed by atoms with van der Waals surface area (Å²) < 4.78 is 46.0. The van der Waals surface area contributed by atoms with E-state index in [1.165, 1.54) is 12.1 Å². The number of hydrogen-bond acceptors (Lipinski definition) is 4. The van der Waals surface area contributed by atoms with Crippen molar-refractivity contribution in [3.8, 4) is 0 Å². The third kappa shape index (κ3) is 7.93. The summed E-state index contributed by atoms with van der Waals surface area (Å²) in [6.07, 6.45) is 0.312. The van der Waals surface area contributed by atoms with Gasteiger partial charge in [0.1, 0.15) is 6.04 Å². The summed E-state index contributed by atoms with van der Waals surface area (Å²) in [5, 5.41) is 5.98. The van der Waals surface area contributed by atoms with Crippen molar-refractivity contribution in [1.29, 1.82) is 0 Å². The average molecular weight is 512 g/mol. The Hall–Kier alpha value is -2.13. The lowest BCUT2D eigenvalue weighted by Crippen LogP contribution is -2.55. The van der Waals surface area contributed by atoms with E-state index in [0.717, 1.165) is 25.3 Å². The number of rotatable bonds is 4. The second-order valence-corrected chi connectivity index (χ2v) is 10.6. The third-order valence-corrected chi connectivity index (χ3v) is 7.30. The highest BCUT2D eigenvalue weighted by molar-refractivity contribution is 5.90. The summed E-state index contributed by atoms with van der Waals surface area (Å²) in [6.45, 7) is 6.98. The molecule has 2 heterocycles. The van der Waals surface area contributed by atoms with Crippen LogP contribution in [0, 0.1) is 11.3 Å². The zero-order chi connectivity index (χ0) is 26.2. The molecule has 2 amide bonds. The summed E-state index contributed by atoms with van der Waals surface area (Å²) in [4.78, 5) is 28.5. The molecule has 1 aromatic rings. The second kappa shape index (κ2) is 12.9. The lowest BCUT2D eigenvalue weighted by Gasteiger charge is -2.42. The van der Waals surface area contributed by atoms with Crippen molar-refractivity contribution in [1.82, 2.24) is 15.5 Å². The lowest BCUT2D eigenvalue weighted by molar-refractivity contribution is -0.139. The molecule has 0 unspecified atom stereocenters. The first-order valence-electron chi connectivity index (χ1n) is 13.1. The fraction of sp³-hybridized carbons (Fsp3) is 0.704. The molecule has 202 valence electrons. The van der Waals surface area contributed by atoms with E-state index in [0.29, 0.717) is 58.5 Å². The van der Waals surface area contributed by atoms with E-state index in [4.69, 9.17) is 4.74 Å². The summed E-state index contributed by atoms with van der Waals surface area (Å²) in [5.74, 6) is -0.0585. The Bertz CT molecular complexity index is 867. The number of nitrogens with zero attached hydrogens (tertiary/aromatic N) is 1. The largest absolute Gasteiger partial charge is 0.416 e. The van der Waals surface area contributed by atoms with Crippen LogP contribution in [0.1, 0.15) is 69.9 Å². The minimum absolute atomic E-state index is 0.114. The van der Waals surface area contributed by atoms with Crippen LogP contribution < -0.4 is 10.6 Å². The molecule has 0 radical (unpaired) electrons. The second-order valence-electron chi connectivity index (χ2n) is 10.6. The normalized spacial score (nSPS) is 23.2. The molecule has 6 nitrogen and oxygen atoms in total. The van der Waals surface area contributed by atoms with Gasteiger partial charge < -0.3 is 15.4 Å². The molecule has 0 aromatic heterocycles. The Morgan fingerprint density at radius 2 is 1.75 bits per heavy atom. The molecular weight excluding hydrogens is 471 g/mol. The summed E-state index contributed by atoms with van der Waals surface area (Å²) in [5.41, 5.74) is -0.995. The Balaban J connectivity index is 1.73. The molecule has 2 aliphatic heterocycles. The van der Waals surface area contributed by atoms with E-state index < -0.39 is 23.2 Å². The number of hydrogen-bond donors (Lipinski definition) is 2. The van der Waals surface area contributed by atoms with Gasteiger partial charge in [0.05, 0.1) is 11.0 Å². The van der Waals surface area contributed by atoms with E-state index in [2.05, 4.69) is 10.6 Å². The molecule has 0 aliphatic carbocycles. The van der Waals surface area contributed by atoms with Crippen LogP contribution in [-0.4, -0.2) is 55.6 Å². The Kier molecular flexibility index (Phi) is 10.2. The maximum atomic E-state index is 13.7. The zero-order valence-corrected chi connectivity index (χ0v) is 21.5. The van der Waals surface area contributed by atoms with E-state index in [1.54, 1.807) is 6.07 Å². The Morgan fingerprint density at radius 3 is 2.44 bits per heavy atom. The number of benzene rings is 1. The van der Waals surface area contributed by atoms with Crippen LogP contribution >= 0.6 is 0 Å². The first-order valence-corrected chi connectivity index (χ1v) is 13.1. The summed E-state index contributed by atoms with van der Waals surface area (Å²) in [6, 6.07) is 5.08. The van der Waals surface area contributed by atoms with Crippen molar-refractivity contribution < 1.29 is 27.5 Å². The highest BCUT2D eigenvalue weighted by Gasteiger charge is 2.42. The standard InChI is InChI=1S/C27H40F3N3O3/c1-20(2)18-23-24(34)31-13-7-17-36-16-6-5-10-26(25(35)32-23)11-14-33(15-12-26)19-21-8-3-4-9-22(21)27(28,29)30/h3-4,8-9,20,23H,5-7,10-19H2,1-2H3,(H,31,34)(H,32,35)/t23-/m0/s1. The summed E-state index contributed by atoms with van der Waals surface area (Å²) in [7, 11) is 0. The van der Waals surface area contributed by atoms with Crippen molar-refractivity contribution in [3.63, 3.8) is 0 Å². The molecule has 0 saturated carbocycles. The first-order chi connectivity index (χ1) is 17.1. The van der Waals surface area contributed by atoms with Crippen molar-refractivity contribution >= 4 is 11.8 Å². The van der Waals surface area contributed by atoms with Crippen LogP contribution in [0.5, 0.6) is 0 Å². The topological polar surface area (TPSA) is 70.7 Å². The molecule has 2 aliphatic rings. The van der Waals surface area contributed by atoms with E-state index in [9.17, 15) is 22.8 Å². The van der Waals surface area contributed by atoms with Crippen molar-refractivity contribution in [3.05, 3.63) is 35.4 Å². The number of alkyl halides is 3. The van der Waals surface area contributed by atoms with Gasteiger partial charge in [-0.15, -0.1) is 0 Å². The van der Waals surface area contributed by atoms with E-state index >= 15 is 0 Å². The summed E-state index contributed by atoms with van der Waals surface area (Å²) >= 11 is 0. The number of halogens is 3. The number of ether oxygens (including phenoxy) is 1. The van der Waals surface area contributed by atoms with Crippen LogP contribution in [0.15, 0.2) is 24.3 Å². The van der Waals surface area contributed by atoms with Gasteiger partial charge in [0.15, 0.2) is 0 Å². The van der Waals surface area contributed by atoms with Crippen LogP contribution in [0.25, 0.3) is 0 Å². The molecule has 2 N–H and O–H groups in total. The van der Waals surface area contributed by atoms with Gasteiger partial charge in [-0.2, -0.15) is 13.2 Å². The Morgan fingerprint density at radius 1 is 1.06 bits per heavy atom. The predicted octanol–water partition coefficient (Wildman–Crippen LogP) is 4.53. The van der Waals surface area contributed by atoms with Gasteiger partial charge in [0.2, 0.25) is 11.8 Å². The first kappa shape index (κ1) is 28.4. The predicted molar refractivity (Wildman–Crippen MR) is 132 cm³/mol. The van der Waals surface area contributed by atoms with Crippen LogP contribution in [0.4, 0.5) is 13.2 Å². The number of piperidine rings is 1. The lowest BCUT2D eigenvalue weighted by atomic mass is 9.73. The molecule has 2 saturated heterocycles. The molecule has 0 bridgehead atoms. The molecular formula is C27H40F3N3O3. The molecule has 1 spiro atoms. The highest BCUT2D eigenvalue weighted by atomic mass is 19.4. The van der Waals surface area contributed by atoms with Crippen molar-refractivity contribution in [2.45, 2.75) is 77.6 Å². The van der Waals surface area contributed by atoms with Gasteiger partial charge in [-0.1, -0.05) is 38.5 Å². The molecule has 36 heavy (non-hydrogen) atoms. The van der Waals surface area contributed by atoms with Gasteiger partial charge in [0, 0.05) is 26.3 Å². The minimum atomic E-state index is -4.40. The number of likely N-dealkylation sites (tertiary alicyclic amines) is 1. The Labute approximate surface area is 212 Å². The number of carbonyl (C=O) groups excluding carboxylic acids is 2. The smallest absolute Gasteiger partial charge is 0.381 e. The highest BCUT2D eigenvalue weighted by Crippen LogP contribution is 2.39. The van der Waals surface area contributed by atoms with Gasteiger partial charge >= 0.3 is 6.18 Å². The van der Waals surface area contributed by atoms with Gasteiger partial charge in [0.25, 0.3) is 0 Å². The quantitative estimate of drug-likeness (QED) is 0.624. The monoisotopic (exact) mass is 511 g/mol.